The standard InChI is InChI=1S/C14H19FIN/c1-2-8-17-14(10-4-3-5-10)12-7-6-11(15)9-13(12)16/h6-7,9-10,14,17H,2-5,8H2,1H3. The number of hydrogen-bond donors (Lipinski definition) is 1. The van der Waals surface area contributed by atoms with Gasteiger partial charge in [0.05, 0.1) is 0 Å². The lowest BCUT2D eigenvalue weighted by Crippen LogP contribution is -2.33. The van der Waals surface area contributed by atoms with Crippen molar-refractivity contribution in [2.75, 3.05) is 6.54 Å². The highest BCUT2D eigenvalue weighted by Gasteiger charge is 2.29. The molecule has 1 N–H and O–H groups in total. The fraction of sp³-hybridized carbons (Fsp3) is 0.571. The van der Waals surface area contributed by atoms with Crippen molar-refractivity contribution in [3.63, 3.8) is 0 Å². The van der Waals surface area contributed by atoms with Crippen molar-refractivity contribution < 1.29 is 4.39 Å². The largest absolute Gasteiger partial charge is 0.310 e. The molecule has 0 saturated heterocycles. The number of nitrogens with one attached hydrogen (secondary N) is 1. The second kappa shape index (κ2) is 6.14. The second-order valence-electron chi connectivity index (χ2n) is 4.79. The van der Waals surface area contributed by atoms with Gasteiger partial charge in [0.15, 0.2) is 0 Å². The van der Waals surface area contributed by atoms with Crippen LogP contribution in [0.5, 0.6) is 0 Å². The van der Waals surface area contributed by atoms with E-state index in [1.165, 1.54) is 24.8 Å². The third-order valence-electron chi connectivity index (χ3n) is 3.53. The Bertz CT molecular complexity index is 376. The van der Waals surface area contributed by atoms with Gasteiger partial charge >= 0.3 is 0 Å². The molecule has 17 heavy (non-hydrogen) atoms. The lowest BCUT2D eigenvalue weighted by atomic mass is 9.77. The molecule has 0 bridgehead atoms. The summed E-state index contributed by atoms with van der Waals surface area (Å²) in [6.45, 7) is 3.22. The maximum absolute atomic E-state index is 13.1. The number of hydrogen-bond acceptors (Lipinski definition) is 1. The van der Waals surface area contributed by atoms with E-state index in [-0.39, 0.29) is 5.82 Å². The van der Waals surface area contributed by atoms with Gasteiger partial charge in [-0.05, 0) is 72.0 Å². The molecule has 1 nitrogen and oxygen atoms in total. The number of benzene rings is 1. The highest BCUT2D eigenvalue weighted by Crippen LogP contribution is 2.39. The zero-order valence-electron chi connectivity index (χ0n) is 10.2. The average Bonchev–Trinajstić information content (AvgIpc) is 2.22. The summed E-state index contributed by atoms with van der Waals surface area (Å²) < 4.78 is 14.2. The van der Waals surface area contributed by atoms with Crippen LogP contribution in [0.4, 0.5) is 4.39 Å². The first-order valence-corrected chi connectivity index (χ1v) is 7.48. The van der Waals surface area contributed by atoms with Crippen LogP contribution in [-0.4, -0.2) is 6.54 Å². The summed E-state index contributed by atoms with van der Waals surface area (Å²) in [7, 11) is 0. The molecule has 1 unspecified atom stereocenters. The molecule has 1 fully saturated rings. The Morgan fingerprint density at radius 1 is 1.47 bits per heavy atom. The Balaban J connectivity index is 2.17. The van der Waals surface area contributed by atoms with Gasteiger partial charge < -0.3 is 5.32 Å². The summed E-state index contributed by atoms with van der Waals surface area (Å²) in [6.07, 6.45) is 5.08. The van der Waals surface area contributed by atoms with Crippen molar-refractivity contribution >= 4 is 22.6 Å². The van der Waals surface area contributed by atoms with Gasteiger partial charge in [0.1, 0.15) is 5.82 Å². The van der Waals surface area contributed by atoms with E-state index in [4.69, 9.17) is 0 Å². The van der Waals surface area contributed by atoms with Crippen molar-refractivity contribution in [2.24, 2.45) is 5.92 Å². The molecule has 1 aliphatic rings. The van der Waals surface area contributed by atoms with Crippen molar-refractivity contribution in [1.82, 2.24) is 5.32 Å². The zero-order chi connectivity index (χ0) is 12.3. The molecular formula is C14H19FIN. The van der Waals surface area contributed by atoms with Gasteiger partial charge in [-0.2, -0.15) is 0 Å². The topological polar surface area (TPSA) is 12.0 Å². The Morgan fingerprint density at radius 2 is 2.24 bits per heavy atom. The van der Waals surface area contributed by atoms with Crippen molar-refractivity contribution in [3.05, 3.63) is 33.1 Å². The van der Waals surface area contributed by atoms with Crippen LogP contribution in [0.3, 0.4) is 0 Å². The molecule has 0 spiro atoms. The van der Waals surface area contributed by atoms with E-state index >= 15 is 0 Å². The number of rotatable bonds is 5. The van der Waals surface area contributed by atoms with E-state index in [2.05, 4.69) is 34.8 Å². The first-order chi connectivity index (χ1) is 8.22. The molecule has 3 heteroatoms. The molecule has 0 aromatic heterocycles. The summed E-state index contributed by atoms with van der Waals surface area (Å²) in [6, 6.07) is 5.57. The van der Waals surface area contributed by atoms with Gasteiger partial charge in [-0.15, -0.1) is 0 Å². The van der Waals surface area contributed by atoms with Gasteiger partial charge in [-0.25, -0.2) is 4.39 Å². The maximum Gasteiger partial charge on any atom is 0.124 e. The van der Waals surface area contributed by atoms with Crippen LogP contribution < -0.4 is 5.32 Å². The third kappa shape index (κ3) is 3.19. The van der Waals surface area contributed by atoms with Crippen LogP contribution in [0.1, 0.15) is 44.2 Å². The Kier molecular flexibility index (Phi) is 4.79. The van der Waals surface area contributed by atoms with Crippen molar-refractivity contribution in [1.29, 1.82) is 0 Å². The molecule has 0 amide bonds. The SMILES string of the molecule is CCCNC(c1ccc(F)cc1I)C1CCC1. The Labute approximate surface area is 116 Å². The molecule has 1 atom stereocenters. The minimum absolute atomic E-state index is 0.138. The summed E-state index contributed by atoms with van der Waals surface area (Å²) >= 11 is 2.25. The molecule has 2 rings (SSSR count). The van der Waals surface area contributed by atoms with Gasteiger partial charge in [0, 0.05) is 9.61 Å². The molecule has 0 aliphatic heterocycles. The summed E-state index contributed by atoms with van der Waals surface area (Å²) in [5.74, 6) is 0.599. The molecule has 94 valence electrons. The van der Waals surface area contributed by atoms with E-state index < -0.39 is 0 Å². The Hall–Kier alpha value is -0.160. The van der Waals surface area contributed by atoms with Crippen LogP contribution in [-0.2, 0) is 0 Å². The minimum atomic E-state index is -0.138. The molecule has 1 aliphatic carbocycles. The van der Waals surface area contributed by atoms with Gasteiger partial charge in [0.25, 0.3) is 0 Å². The highest BCUT2D eigenvalue weighted by molar-refractivity contribution is 14.1. The van der Waals surface area contributed by atoms with Crippen LogP contribution in [0.25, 0.3) is 0 Å². The van der Waals surface area contributed by atoms with Crippen LogP contribution in [0.15, 0.2) is 18.2 Å². The van der Waals surface area contributed by atoms with E-state index in [9.17, 15) is 4.39 Å². The molecule has 0 radical (unpaired) electrons. The molecular weight excluding hydrogens is 328 g/mol. The fourth-order valence-corrected chi connectivity index (χ4v) is 3.17. The lowest BCUT2D eigenvalue weighted by Gasteiger charge is -2.35. The van der Waals surface area contributed by atoms with Gasteiger partial charge in [-0.1, -0.05) is 19.4 Å². The predicted octanol–water partition coefficient (Wildman–Crippen LogP) is 4.27. The van der Waals surface area contributed by atoms with Gasteiger partial charge in [-0.3, -0.25) is 0 Å². The van der Waals surface area contributed by atoms with E-state index in [0.29, 0.717) is 6.04 Å². The summed E-state index contributed by atoms with van der Waals surface area (Å²) in [5, 5.41) is 3.62. The van der Waals surface area contributed by atoms with Crippen LogP contribution in [0.2, 0.25) is 0 Å². The molecule has 1 aromatic carbocycles. The smallest absolute Gasteiger partial charge is 0.124 e. The quantitative estimate of drug-likeness (QED) is 0.785. The first-order valence-electron chi connectivity index (χ1n) is 6.40. The zero-order valence-corrected chi connectivity index (χ0v) is 12.3. The molecule has 1 saturated carbocycles. The first kappa shape index (κ1) is 13.3. The maximum atomic E-state index is 13.1. The third-order valence-corrected chi connectivity index (χ3v) is 4.47. The van der Waals surface area contributed by atoms with Crippen molar-refractivity contribution in [2.45, 2.75) is 38.6 Å². The monoisotopic (exact) mass is 347 g/mol. The van der Waals surface area contributed by atoms with Crippen LogP contribution in [0, 0.1) is 15.3 Å². The fourth-order valence-electron chi connectivity index (χ4n) is 2.36. The number of halogens is 2. The van der Waals surface area contributed by atoms with E-state index in [1.807, 2.05) is 6.07 Å². The minimum Gasteiger partial charge on any atom is -0.310 e. The summed E-state index contributed by atoms with van der Waals surface area (Å²) in [4.78, 5) is 0. The van der Waals surface area contributed by atoms with Crippen molar-refractivity contribution in [3.8, 4) is 0 Å². The van der Waals surface area contributed by atoms with E-state index in [1.54, 1.807) is 12.1 Å². The lowest BCUT2D eigenvalue weighted by molar-refractivity contribution is 0.230. The van der Waals surface area contributed by atoms with E-state index in [0.717, 1.165) is 22.5 Å². The predicted molar refractivity (Wildman–Crippen MR) is 77.5 cm³/mol. The highest BCUT2D eigenvalue weighted by atomic mass is 127. The molecule has 1 aromatic rings. The average molecular weight is 347 g/mol. The van der Waals surface area contributed by atoms with Gasteiger partial charge in [0.2, 0.25) is 0 Å². The Morgan fingerprint density at radius 3 is 2.76 bits per heavy atom. The van der Waals surface area contributed by atoms with Crippen LogP contribution >= 0.6 is 22.6 Å². The normalized spacial score (nSPS) is 17.8. The summed E-state index contributed by atoms with van der Waals surface area (Å²) in [5.41, 5.74) is 1.27. The molecule has 0 heterocycles. The second-order valence-corrected chi connectivity index (χ2v) is 5.95.